The molecule has 0 radical (unpaired) electrons. The molecule has 1 aromatic carbocycles. The van der Waals surface area contributed by atoms with E-state index in [1.807, 2.05) is 36.5 Å². The highest BCUT2D eigenvalue weighted by Crippen LogP contribution is 2.24. The lowest BCUT2D eigenvalue weighted by molar-refractivity contribution is -0.138. The Morgan fingerprint density at radius 3 is 2.74 bits per heavy atom. The van der Waals surface area contributed by atoms with Crippen LogP contribution in [0.15, 0.2) is 42.9 Å². The summed E-state index contributed by atoms with van der Waals surface area (Å²) < 4.78 is 23.7. The van der Waals surface area contributed by atoms with Crippen molar-refractivity contribution in [2.45, 2.75) is 19.9 Å². The fourth-order valence-corrected chi connectivity index (χ4v) is 3.06. The molecular weight excluding hydrogens is 318 g/mol. The summed E-state index contributed by atoms with van der Waals surface area (Å²) in [6.45, 7) is 1.91. The van der Waals surface area contributed by atoms with E-state index in [9.17, 15) is 13.6 Å². The predicted octanol–water partition coefficient (Wildman–Crippen LogP) is 1.33. The topological polar surface area (TPSA) is 107 Å². The first kappa shape index (κ1) is 17.3. The van der Waals surface area contributed by atoms with Crippen molar-refractivity contribution in [2.24, 2.45) is 5.41 Å². The quantitative estimate of drug-likeness (QED) is 0.450. The molecule has 1 amide bonds. The predicted molar refractivity (Wildman–Crippen MR) is 84.1 cm³/mol. The Morgan fingerprint density at radius 2 is 2.13 bits per heavy atom. The monoisotopic (exact) mass is 336 g/mol. The Morgan fingerprint density at radius 1 is 1.43 bits per heavy atom. The summed E-state index contributed by atoms with van der Waals surface area (Å²) in [5.41, 5.74) is 2.10. The first-order valence-corrected chi connectivity index (χ1v) is 8.26. The zero-order chi connectivity index (χ0) is 16.9. The van der Waals surface area contributed by atoms with Gasteiger partial charge in [-0.15, -0.1) is 0 Å². The van der Waals surface area contributed by atoms with Gasteiger partial charge in [0.15, 0.2) is 0 Å². The number of rotatable bonds is 7. The molecule has 1 heterocycles. The molecule has 0 aliphatic carbocycles. The second-order valence-corrected chi connectivity index (χ2v) is 6.46. The highest BCUT2D eigenvalue weighted by Gasteiger charge is 2.33. The zero-order valence-corrected chi connectivity index (χ0v) is 13.5. The number of nitrogens with zero attached hydrogens (tertiary/aromatic N) is 2. The maximum Gasteiger partial charge on any atom is 0.250 e. The molecule has 0 fully saturated rings. The summed E-state index contributed by atoms with van der Waals surface area (Å²) >= 11 is -2.39. The van der Waals surface area contributed by atoms with Crippen molar-refractivity contribution in [1.82, 2.24) is 15.0 Å². The molecule has 2 aromatic rings. The van der Waals surface area contributed by atoms with E-state index in [0.29, 0.717) is 6.54 Å². The van der Waals surface area contributed by atoms with Crippen LogP contribution in [-0.2, 0) is 22.4 Å². The maximum absolute atomic E-state index is 11.8. The van der Waals surface area contributed by atoms with Gasteiger partial charge in [-0.1, -0.05) is 41.4 Å². The van der Waals surface area contributed by atoms with Crippen LogP contribution in [0, 0.1) is 5.41 Å². The van der Waals surface area contributed by atoms with Gasteiger partial charge in [0.1, 0.15) is 0 Å². The lowest BCUT2D eigenvalue weighted by atomic mass is 9.88. The van der Waals surface area contributed by atoms with Crippen molar-refractivity contribution in [3.8, 4) is 11.3 Å². The normalized spacial score (nSPS) is 14.9. The Labute approximate surface area is 136 Å². The zero-order valence-electron chi connectivity index (χ0n) is 12.6. The van der Waals surface area contributed by atoms with Crippen molar-refractivity contribution < 1.29 is 18.8 Å². The molecule has 2 rings (SSSR count). The number of hydroxylamine groups is 1. The van der Waals surface area contributed by atoms with Crippen molar-refractivity contribution in [1.29, 1.82) is 0 Å². The fraction of sp³-hybridized carbons (Fsp3) is 0.333. The second-order valence-electron chi connectivity index (χ2n) is 5.56. The number of imidazole rings is 1. The van der Waals surface area contributed by atoms with Gasteiger partial charge in [-0.2, -0.15) is 0 Å². The molecule has 0 aliphatic heterocycles. The molecule has 2 atom stereocenters. The lowest BCUT2D eigenvalue weighted by Crippen LogP contribution is -2.41. The van der Waals surface area contributed by atoms with Gasteiger partial charge < -0.3 is 9.12 Å². The molecule has 124 valence electrons. The number of amides is 1. The lowest BCUT2D eigenvalue weighted by Gasteiger charge is -2.28. The van der Waals surface area contributed by atoms with E-state index in [-0.39, 0.29) is 12.2 Å². The molecule has 0 spiro atoms. The summed E-state index contributed by atoms with van der Waals surface area (Å²) in [6, 6.07) is 9.64. The van der Waals surface area contributed by atoms with E-state index in [1.54, 1.807) is 16.4 Å². The van der Waals surface area contributed by atoms with Crippen LogP contribution in [0.1, 0.15) is 13.3 Å². The Balaban J connectivity index is 2.08. The maximum atomic E-state index is 11.8. The third-order valence-corrected chi connectivity index (χ3v) is 4.58. The molecule has 2 unspecified atom stereocenters. The Hall–Kier alpha value is -2.03. The number of benzene rings is 1. The van der Waals surface area contributed by atoms with Crippen LogP contribution in [0.5, 0.6) is 0 Å². The van der Waals surface area contributed by atoms with Gasteiger partial charge >= 0.3 is 0 Å². The van der Waals surface area contributed by atoms with Crippen LogP contribution >= 0.6 is 0 Å². The number of aryl methyl sites for hydroxylation is 1. The summed E-state index contributed by atoms with van der Waals surface area (Å²) in [5.74, 6) is -1.08. The third kappa shape index (κ3) is 4.47. The van der Waals surface area contributed by atoms with E-state index >= 15 is 0 Å². The van der Waals surface area contributed by atoms with E-state index in [1.165, 1.54) is 6.92 Å². The second kappa shape index (κ2) is 7.49. The SMILES string of the molecule is CC(CCn1cnc(-c2ccccc2)c1)(CS(=O)[O-])C(=O)NO. The number of carbonyl (C=O) groups excluding carboxylic acids is 1. The average molecular weight is 336 g/mol. The molecule has 0 saturated heterocycles. The number of nitrogens with one attached hydrogen (secondary N) is 1. The Kier molecular flexibility index (Phi) is 5.64. The number of carbonyl (C=O) groups is 1. The number of aromatic nitrogens is 2. The van der Waals surface area contributed by atoms with Crippen molar-refractivity contribution in [3.63, 3.8) is 0 Å². The highest BCUT2D eigenvalue weighted by atomic mass is 32.2. The van der Waals surface area contributed by atoms with Crippen LogP contribution < -0.4 is 5.48 Å². The first-order chi connectivity index (χ1) is 10.9. The molecule has 7 nitrogen and oxygen atoms in total. The van der Waals surface area contributed by atoms with E-state index in [0.717, 1.165) is 11.3 Å². The van der Waals surface area contributed by atoms with Crippen LogP contribution in [0.25, 0.3) is 11.3 Å². The van der Waals surface area contributed by atoms with Crippen LogP contribution in [0.3, 0.4) is 0 Å². The van der Waals surface area contributed by atoms with E-state index in [2.05, 4.69) is 4.98 Å². The van der Waals surface area contributed by atoms with Gasteiger partial charge in [-0.05, 0) is 13.3 Å². The molecule has 2 N–H and O–H groups in total. The Bertz CT molecular complexity index is 689. The average Bonchev–Trinajstić information content (AvgIpc) is 3.01. The number of hydrogen-bond acceptors (Lipinski definition) is 5. The van der Waals surface area contributed by atoms with Gasteiger partial charge in [0, 0.05) is 24.1 Å². The van der Waals surface area contributed by atoms with Crippen LogP contribution in [0.2, 0.25) is 0 Å². The smallest absolute Gasteiger partial charge is 0.250 e. The van der Waals surface area contributed by atoms with Gasteiger partial charge in [-0.3, -0.25) is 14.2 Å². The van der Waals surface area contributed by atoms with Gasteiger partial charge in [-0.25, -0.2) is 10.5 Å². The minimum atomic E-state index is -2.39. The third-order valence-electron chi connectivity index (χ3n) is 3.71. The summed E-state index contributed by atoms with van der Waals surface area (Å²) in [5, 5.41) is 8.81. The number of hydrogen-bond donors (Lipinski definition) is 2. The summed E-state index contributed by atoms with van der Waals surface area (Å²) in [7, 11) is 0. The summed E-state index contributed by atoms with van der Waals surface area (Å²) in [4.78, 5) is 16.1. The van der Waals surface area contributed by atoms with E-state index in [4.69, 9.17) is 5.21 Å². The molecule has 0 aliphatic rings. The van der Waals surface area contributed by atoms with E-state index < -0.39 is 22.4 Å². The first-order valence-electron chi connectivity index (χ1n) is 7.02. The molecular formula is C15H18N3O4S-. The minimum absolute atomic E-state index is 0.248. The molecule has 23 heavy (non-hydrogen) atoms. The van der Waals surface area contributed by atoms with Gasteiger partial charge in [0.25, 0.3) is 0 Å². The van der Waals surface area contributed by atoms with Crippen LogP contribution in [0.4, 0.5) is 0 Å². The summed E-state index contributed by atoms with van der Waals surface area (Å²) in [6.07, 6.45) is 3.71. The van der Waals surface area contributed by atoms with Crippen molar-refractivity contribution >= 4 is 17.0 Å². The van der Waals surface area contributed by atoms with Crippen molar-refractivity contribution in [2.75, 3.05) is 5.75 Å². The standard InChI is InChI=1S/C15H19N3O4S/c1-15(10-23(21)22,14(19)17-20)7-8-18-9-13(16-11-18)12-5-3-2-4-6-12/h2-6,9,11,20H,7-8,10H2,1H3,(H,17,19)(H,21,22)/p-1. The molecule has 0 saturated carbocycles. The van der Waals surface area contributed by atoms with Gasteiger partial charge in [0.2, 0.25) is 5.91 Å². The largest absolute Gasteiger partial charge is 0.772 e. The molecule has 1 aromatic heterocycles. The fourth-order valence-electron chi connectivity index (χ4n) is 2.26. The molecule has 8 heteroatoms. The highest BCUT2D eigenvalue weighted by molar-refractivity contribution is 7.79. The van der Waals surface area contributed by atoms with Crippen molar-refractivity contribution in [3.05, 3.63) is 42.9 Å². The van der Waals surface area contributed by atoms with Crippen LogP contribution in [-0.4, -0.2) is 35.2 Å². The molecule has 0 bridgehead atoms. The minimum Gasteiger partial charge on any atom is -0.772 e. The van der Waals surface area contributed by atoms with Gasteiger partial charge in [0.05, 0.1) is 17.4 Å².